The lowest BCUT2D eigenvalue weighted by Crippen LogP contribution is -2.52. The highest BCUT2D eigenvalue weighted by Gasteiger charge is 2.60. The molecule has 3 nitrogen and oxygen atoms in total. The van der Waals surface area contributed by atoms with Gasteiger partial charge in [-0.25, -0.2) is 17.5 Å². The molecule has 1 aromatic rings. The molecule has 2 aliphatic rings. The van der Waals surface area contributed by atoms with Crippen LogP contribution in [0.5, 0.6) is 0 Å². The van der Waals surface area contributed by atoms with Gasteiger partial charge in [0, 0.05) is 6.04 Å². The SMILES string of the molecule is CC12CCC(C1)C(C)(C)C2NS(=O)(=O)c1ccccc1F. The summed E-state index contributed by atoms with van der Waals surface area (Å²) in [5.41, 5.74) is -0.113. The van der Waals surface area contributed by atoms with E-state index >= 15 is 0 Å². The van der Waals surface area contributed by atoms with Gasteiger partial charge in [-0.3, -0.25) is 0 Å². The van der Waals surface area contributed by atoms with Crippen molar-refractivity contribution in [1.29, 1.82) is 0 Å². The predicted octanol–water partition coefficient (Wildman–Crippen LogP) is 3.32. The summed E-state index contributed by atoms with van der Waals surface area (Å²) in [5, 5.41) is 0. The molecular weight excluding hydrogens is 289 g/mol. The van der Waals surface area contributed by atoms with Crippen LogP contribution in [0.3, 0.4) is 0 Å². The number of rotatable bonds is 3. The number of fused-ring (bicyclic) bond motifs is 2. The van der Waals surface area contributed by atoms with Crippen molar-refractivity contribution < 1.29 is 12.8 Å². The van der Waals surface area contributed by atoms with Crippen LogP contribution < -0.4 is 4.72 Å². The van der Waals surface area contributed by atoms with Crippen molar-refractivity contribution in [1.82, 2.24) is 4.72 Å². The zero-order chi connectivity index (χ0) is 15.5. The maximum atomic E-state index is 13.8. The maximum Gasteiger partial charge on any atom is 0.243 e. The molecule has 0 heterocycles. The van der Waals surface area contributed by atoms with E-state index in [0.717, 1.165) is 19.3 Å². The second-order valence-electron chi connectivity index (χ2n) is 7.40. The predicted molar refractivity (Wildman–Crippen MR) is 79.7 cm³/mol. The second kappa shape index (κ2) is 4.53. The van der Waals surface area contributed by atoms with Crippen molar-refractivity contribution in [2.24, 2.45) is 16.7 Å². The normalized spacial score (nSPS) is 34.3. The van der Waals surface area contributed by atoms with E-state index in [0.29, 0.717) is 5.92 Å². The molecule has 21 heavy (non-hydrogen) atoms. The van der Waals surface area contributed by atoms with Crippen molar-refractivity contribution in [3.05, 3.63) is 30.1 Å². The second-order valence-corrected chi connectivity index (χ2v) is 9.08. The molecule has 2 bridgehead atoms. The average Bonchev–Trinajstić information content (AvgIpc) is 2.86. The third-order valence-corrected chi connectivity index (χ3v) is 7.13. The Hall–Kier alpha value is -0.940. The van der Waals surface area contributed by atoms with Crippen LogP contribution in [-0.4, -0.2) is 14.5 Å². The fourth-order valence-corrected chi connectivity index (χ4v) is 6.09. The molecule has 0 aromatic heterocycles. The number of halogens is 1. The van der Waals surface area contributed by atoms with Crippen molar-refractivity contribution >= 4 is 10.0 Å². The summed E-state index contributed by atoms with van der Waals surface area (Å²) in [6, 6.07) is 5.40. The van der Waals surface area contributed by atoms with Gasteiger partial charge in [0.15, 0.2) is 0 Å². The van der Waals surface area contributed by atoms with E-state index in [1.54, 1.807) is 6.07 Å². The van der Waals surface area contributed by atoms with Gasteiger partial charge >= 0.3 is 0 Å². The Morgan fingerprint density at radius 2 is 1.90 bits per heavy atom. The lowest BCUT2D eigenvalue weighted by molar-refractivity contribution is 0.127. The summed E-state index contributed by atoms with van der Waals surface area (Å²) in [6.45, 7) is 6.39. The van der Waals surface area contributed by atoms with E-state index in [1.165, 1.54) is 18.2 Å². The van der Waals surface area contributed by atoms with Crippen LogP contribution >= 0.6 is 0 Å². The highest BCUT2D eigenvalue weighted by atomic mass is 32.2. The van der Waals surface area contributed by atoms with E-state index < -0.39 is 15.8 Å². The first kappa shape index (κ1) is 15.0. The molecule has 2 fully saturated rings. The minimum Gasteiger partial charge on any atom is -0.207 e. The van der Waals surface area contributed by atoms with E-state index in [4.69, 9.17) is 0 Å². The van der Waals surface area contributed by atoms with Gasteiger partial charge in [0.1, 0.15) is 10.7 Å². The van der Waals surface area contributed by atoms with Gasteiger partial charge in [-0.1, -0.05) is 32.9 Å². The fourth-order valence-electron chi connectivity index (χ4n) is 4.48. The van der Waals surface area contributed by atoms with Gasteiger partial charge in [-0.05, 0) is 48.1 Å². The van der Waals surface area contributed by atoms with Crippen molar-refractivity contribution in [3.8, 4) is 0 Å². The van der Waals surface area contributed by atoms with Crippen LogP contribution in [0.2, 0.25) is 0 Å². The molecule has 0 aliphatic heterocycles. The summed E-state index contributed by atoms with van der Waals surface area (Å²) in [5.74, 6) is -0.160. The standard InChI is InChI=1S/C16H22FNO2S/c1-15(2)11-8-9-16(3,10-11)14(15)18-21(19,20)13-7-5-4-6-12(13)17/h4-7,11,14,18H,8-10H2,1-3H3. The summed E-state index contributed by atoms with van der Waals surface area (Å²) in [6.07, 6.45) is 3.23. The molecule has 3 rings (SSSR count). The van der Waals surface area contributed by atoms with Gasteiger partial charge in [0.05, 0.1) is 0 Å². The molecule has 0 radical (unpaired) electrons. The molecule has 3 atom stereocenters. The minimum atomic E-state index is -3.83. The molecule has 0 saturated heterocycles. The van der Waals surface area contributed by atoms with Crippen LogP contribution in [0.1, 0.15) is 40.0 Å². The first-order chi connectivity index (χ1) is 9.67. The Morgan fingerprint density at radius 3 is 2.48 bits per heavy atom. The Morgan fingerprint density at radius 1 is 1.24 bits per heavy atom. The minimum absolute atomic E-state index is 0.0213. The van der Waals surface area contributed by atoms with Crippen LogP contribution in [0, 0.1) is 22.6 Å². The van der Waals surface area contributed by atoms with Crippen molar-refractivity contribution in [2.45, 2.75) is 51.0 Å². The number of sulfonamides is 1. The maximum absolute atomic E-state index is 13.8. The largest absolute Gasteiger partial charge is 0.243 e. The molecular formula is C16H22FNO2S. The summed E-state index contributed by atoms with van der Waals surface area (Å²) >= 11 is 0. The smallest absolute Gasteiger partial charge is 0.207 e. The fraction of sp³-hybridized carbons (Fsp3) is 0.625. The molecule has 2 aliphatic carbocycles. The van der Waals surface area contributed by atoms with Gasteiger partial charge in [-0.2, -0.15) is 0 Å². The van der Waals surface area contributed by atoms with E-state index in [1.807, 2.05) is 0 Å². The van der Waals surface area contributed by atoms with E-state index in [2.05, 4.69) is 25.5 Å². The molecule has 1 N–H and O–H groups in total. The van der Waals surface area contributed by atoms with Crippen molar-refractivity contribution in [2.75, 3.05) is 0 Å². The molecule has 116 valence electrons. The molecule has 0 spiro atoms. The van der Waals surface area contributed by atoms with Gasteiger partial charge in [0.25, 0.3) is 0 Å². The number of hydrogen-bond donors (Lipinski definition) is 1. The molecule has 0 amide bonds. The number of hydrogen-bond acceptors (Lipinski definition) is 2. The van der Waals surface area contributed by atoms with Crippen LogP contribution in [0.4, 0.5) is 4.39 Å². The Bertz CT molecular complexity index is 666. The summed E-state index contributed by atoms with van der Waals surface area (Å²) in [4.78, 5) is -0.257. The lowest BCUT2D eigenvalue weighted by atomic mass is 9.69. The highest BCUT2D eigenvalue weighted by molar-refractivity contribution is 7.89. The quantitative estimate of drug-likeness (QED) is 0.931. The molecule has 1 aromatic carbocycles. The van der Waals surface area contributed by atoms with Gasteiger partial charge in [-0.15, -0.1) is 0 Å². The first-order valence-corrected chi connectivity index (χ1v) is 8.92. The van der Waals surface area contributed by atoms with Gasteiger partial charge in [0.2, 0.25) is 10.0 Å². The van der Waals surface area contributed by atoms with E-state index in [9.17, 15) is 12.8 Å². The highest BCUT2D eigenvalue weighted by Crippen LogP contribution is 2.62. The molecule has 5 heteroatoms. The number of benzene rings is 1. The first-order valence-electron chi connectivity index (χ1n) is 7.44. The van der Waals surface area contributed by atoms with Crippen LogP contribution in [0.25, 0.3) is 0 Å². The Kier molecular flexibility index (Phi) is 3.23. The van der Waals surface area contributed by atoms with Crippen LogP contribution in [-0.2, 0) is 10.0 Å². The third-order valence-electron chi connectivity index (χ3n) is 5.67. The lowest BCUT2D eigenvalue weighted by Gasteiger charge is -2.42. The average molecular weight is 311 g/mol. The monoisotopic (exact) mass is 311 g/mol. The van der Waals surface area contributed by atoms with Crippen molar-refractivity contribution in [3.63, 3.8) is 0 Å². The van der Waals surface area contributed by atoms with Crippen LogP contribution in [0.15, 0.2) is 29.2 Å². The van der Waals surface area contributed by atoms with Gasteiger partial charge < -0.3 is 0 Å². The topological polar surface area (TPSA) is 46.2 Å². The summed E-state index contributed by atoms with van der Waals surface area (Å²) in [7, 11) is -3.83. The van der Waals surface area contributed by atoms with E-state index in [-0.39, 0.29) is 21.8 Å². The molecule has 2 saturated carbocycles. The number of nitrogens with one attached hydrogen (secondary N) is 1. The Labute approximate surface area is 126 Å². The Balaban J connectivity index is 1.95. The summed E-state index contributed by atoms with van der Waals surface area (Å²) < 4.78 is 41.8. The third kappa shape index (κ3) is 2.21. The zero-order valence-electron chi connectivity index (χ0n) is 12.7. The molecule has 3 unspecified atom stereocenters. The zero-order valence-corrected chi connectivity index (χ0v) is 13.5.